The van der Waals surface area contributed by atoms with Crippen molar-refractivity contribution in [3.05, 3.63) is 94.9 Å². The lowest BCUT2D eigenvalue weighted by molar-refractivity contribution is 0.623. The number of hydrogen-bond acceptors (Lipinski definition) is 2. The topological polar surface area (TPSA) is 40.7 Å². The van der Waals surface area contributed by atoms with Crippen LogP contribution < -0.4 is 5.32 Å². The fraction of sp³-hybridized carbons (Fsp3) is 0.125. The third-order valence-corrected chi connectivity index (χ3v) is 5.14. The maximum atomic E-state index is 13.4. The standard InChI is InChI=1S/C24H21ClFN3/c1-15(19-4-3-5-21(26)14-19)27-22-12-8-18(9-13-22)24-28-16(2)23(29-24)17-6-10-20(25)11-7-17/h3-15,27H,1-2H3,(H,28,29)/t15-/m1/s1. The van der Waals surface area contributed by atoms with Crippen LogP contribution in [0.3, 0.4) is 0 Å². The molecule has 0 aliphatic heterocycles. The molecule has 1 atom stereocenters. The fourth-order valence-electron chi connectivity index (χ4n) is 3.32. The first-order valence-corrected chi connectivity index (χ1v) is 9.82. The van der Waals surface area contributed by atoms with E-state index in [1.54, 1.807) is 12.1 Å². The number of H-pyrrole nitrogens is 1. The van der Waals surface area contributed by atoms with Gasteiger partial charge < -0.3 is 10.3 Å². The van der Waals surface area contributed by atoms with E-state index >= 15 is 0 Å². The van der Waals surface area contributed by atoms with Gasteiger partial charge in [0.2, 0.25) is 0 Å². The Labute approximate surface area is 174 Å². The number of benzene rings is 3. The van der Waals surface area contributed by atoms with Crippen molar-refractivity contribution < 1.29 is 4.39 Å². The number of nitrogens with one attached hydrogen (secondary N) is 2. The Morgan fingerprint density at radius 2 is 1.66 bits per heavy atom. The van der Waals surface area contributed by atoms with Crippen molar-refractivity contribution in [1.82, 2.24) is 9.97 Å². The normalized spacial score (nSPS) is 12.0. The summed E-state index contributed by atoms with van der Waals surface area (Å²) in [4.78, 5) is 8.13. The lowest BCUT2D eigenvalue weighted by Gasteiger charge is -2.16. The number of halogens is 2. The van der Waals surface area contributed by atoms with Gasteiger partial charge in [0.1, 0.15) is 11.6 Å². The van der Waals surface area contributed by atoms with Gasteiger partial charge in [-0.25, -0.2) is 9.37 Å². The minimum absolute atomic E-state index is 0.00101. The summed E-state index contributed by atoms with van der Waals surface area (Å²) in [5.74, 6) is 0.591. The average molecular weight is 406 g/mol. The third-order valence-electron chi connectivity index (χ3n) is 4.89. The molecule has 0 saturated heterocycles. The number of aromatic nitrogens is 2. The summed E-state index contributed by atoms with van der Waals surface area (Å²) in [5, 5.41) is 4.11. The second-order valence-electron chi connectivity index (χ2n) is 7.06. The van der Waals surface area contributed by atoms with Gasteiger partial charge in [0.25, 0.3) is 0 Å². The average Bonchev–Trinajstić information content (AvgIpc) is 3.11. The number of rotatable bonds is 5. The quantitative estimate of drug-likeness (QED) is 0.374. The van der Waals surface area contributed by atoms with Crippen LogP contribution in [-0.2, 0) is 0 Å². The largest absolute Gasteiger partial charge is 0.379 e. The van der Waals surface area contributed by atoms with E-state index < -0.39 is 0 Å². The Hall–Kier alpha value is -3.11. The summed E-state index contributed by atoms with van der Waals surface area (Å²) >= 11 is 5.98. The van der Waals surface area contributed by atoms with E-state index in [4.69, 9.17) is 16.6 Å². The first-order valence-electron chi connectivity index (χ1n) is 9.44. The van der Waals surface area contributed by atoms with E-state index in [1.165, 1.54) is 6.07 Å². The van der Waals surface area contributed by atoms with Crippen molar-refractivity contribution in [2.24, 2.45) is 0 Å². The van der Waals surface area contributed by atoms with Gasteiger partial charge in [0.05, 0.1) is 5.69 Å². The van der Waals surface area contributed by atoms with Gasteiger partial charge in [-0.2, -0.15) is 0 Å². The van der Waals surface area contributed by atoms with Gasteiger partial charge in [-0.3, -0.25) is 0 Å². The third kappa shape index (κ3) is 4.33. The molecule has 0 aliphatic carbocycles. The van der Waals surface area contributed by atoms with Crippen LogP contribution in [-0.4, -0.2) is 9.97 Å². The number of hydrogen-bond donors (Lipinski definition) is 2. The van der Waals surface area contributed by atoms with Crippen LogP contribution in [0.1, 0.15) is 24.2 Å². The molecule has 0 fully saturated rings. The monoisotopic (exact) mass is 405 g/mol. The van der Waals surface area contributed by atoms with Gasteiger partial charge in [-0.1, -0.05) is 35.9 Å². The molecule has 146 valence electrons. The molecule has 1 heterocycles. The Balaban J connectivity index is 1.52. The van der Waals surface area contributed by atoms with Crippen molar-refractivity contribution in [3.8, 4) is 22.6 Å². The maximum Gasteiger partial charge on any atom is 0.138 e. The zero-order chi connectivity index (χ0) is 20.4. The maximum absolute atomic E-state index is 13.4. The molecule has 0 radical (unpaired) electrons. The SMILES string of the molecule is Cc1[nH]c(-c2ccc(N[C@H](C)c3cccc(F)c3)cc2)nc1-c1ccc(Cl)cc1. The highest BCUT2D eigenvalue weighted by Crippen LogP contribution is 2.28. The van der Waals surface area contributed by atoms with Gasteiger partial charge >= 0.3 is 0 Å². The molecule has 0 aliphatic rings. The first kappa shape index (κ1) is 19.2. The molecule has 2 N–H and O–H groups in total. The smallest absolute Gasteiger partial charge is 0.138 e. The van der Waals surface area contributed by atoms with Gasteiger partial charge in [-0.15, -0.1) is 0 Å². The summed E-state index contributed by atoms with van der Waals surface area (Å²) in [6.07, 6.45) is 0. The highest BCUT2D eigenvalue weighted by molar-refractivity contribution is 6.30. The summed E-state index contributed by atoms with van der Waals surface area (Å²) in [5.41, 5.74) is 5.81. The van der Waals surface area contributed by atoms with Gasteiger partial charge in [-0.05, 0) is 67.9 Å². The number of nitrogens with zero attached hydrogens (tertiary/aromatic N) is 1. The van der Waals surface area contributed by atoms with Crippen LogP contribution in [0.5, 0.6) is 0 Å². The molecule has 0 spiro atoms. The molecule has 1 aromatic heterocycles. The summed E-state index contributed by atoms with van der Waals surface area (Å²) in [7, 11) is 0. The van der Waals surface area contributed by atoms with Crippen LogP contribution in [0.2, 0.25) is 5.02 Å². The Morgan fingerprint density at radius 3 is 2.34 bits per heavy atom. The molecule has 0 bridgehead atoms. The Kier molecular flexibility index (Phi) is 5.36. The number of imidazole rings is 1. The van der Waals surface area contributed by atoms with E-state index in [2.05, 4.69) is 10.3 Å². The lowest BCUT2D eigenvalue weighted by Crippen LogP contribution is -2.06. The number of aryl methyl sites for hydroxylation is 1. The highest BCUT2D eigenvalue weighted by Gasteiger charge is 2.11. The summed E-state index contributed by atoms with van der Waals surface area (Å²) in [6.45, 7) is 4.02. The van der Waals surface area contributed by atoms with Gasteiger partial charge in [0, 0.05) is 33.6 Å². The van der Waals surface area contributed by atoms with Crippen molar-refractivity contribution in [3.63, 3.8) is 0 Å². The van der Waals surface area contributed by atoms with Crippen LogP contribution in [0.15, 0.2) is 72.8 Å². The molecule has 3 aromatic carbocycles. The highest BCUT2D eigenvalue weighted by atomic mass is 35.5. The van der Waals surface area contributed by atoms with E-state index in [0.717, 1.165) is 39.6 Å². The molecular formula is C24H21ClFN3. The van der Waals surface area contributed by atoms with E-state index in [-0.39, 0.29) is 11.9 Å². The molecule has 4 rings (SSSR count). The van der Waals surface area contributed by atoms with E-state index in [9.17, 15) is 4.39 Å². The Bertz CT molecular complexity index is 1120. The van der Waals surface area contributed by atoms with Crippen LogP contribution in [0.4, 0.5) is 10.1 Å². The molecule has 5 heteroatoms. The molecule has 0 saturated carbocycles. The Morgan fingerprint density at radius 1 is 0.966 bits per heavy atom. The fourth-order valence-corrected chi connectivity index (χ4v) is 3.45. The van der Waals surface area contributed by atoms with Crippen LogP contribution in [0.25, 0.3) is 22.6 Å². The minimum atomic E-state index is -0.226. The molecule has 0 amide bonds. The molecule has 3 nitrogen and oxygen atoms in total. The molecular weight excluding hydrogens is 385 g/mol. The minimum Gasteiger partial charge on any atom is -0.379 e. The van der Waals surface area contributed by atoms with Crippen molar-refractivity contribution in [1.29, 1.82) is 0 Å². The van der Waals surface area contributed by atoms with Crippen molar-refractivity contribution in [2.75, 3.05) is 5.32 Å². The molecule has 0 unspecified atom stereocenters. The summed E-state index contributed by atoms with van der Waals surface area (Å²) < 4.78 is 13.4. The van der Waals surface area contributed by atoms with E-state index in [1.807, 2.05) is 68.4 Å². The zero-order valence-corrected chi connectivity index (χ0v) is 17.0. The zero-order valence-electron chi connectivity index (χ0n) is 16.2. The molecule has 29 heavy (non-hydrogen) atoms. The lowest BCUT2D eigenvalue weighted by atomic mass is 10.1. The second-order valence-corrected chi connectivity index (χ2v) is 7.50. The predicted octanol–water partition coefficient (Wildman–Crippen LogP) is 7.02. The van der Waals surface area contributed by atoms with Crippen LogP contribution in [0, 0.1) is 12.7 Å². The predicted molar refractivity (Wildman–Crippen MR) is 118 cm³/mol. The first-order chi connectivity index (χ1) is 14.0. The summed E-state index contributed by atoms with van der Waals surface area (Å²) in [6, 6.07) is 22.4. The van der Waals surface area contributed by atoms with E-state index in [0.29, 0.717) is 5.02 Å². The van der Waals surface area contributed by atoms with Crippen molar-refractivity contribution >= 4 is 17.3 Å². The van der Waals surface area contributed by atoms with Gasteiger partial charge in [0.15, 0.2) is 0 Å². The second kappa shape index (κ2) is 8.10. The van der Waals surface area contributed by atoms with Crippen LogP contribution >= 0.6 is 11.6 Å². The number of anilines is 1. The number of aromatic amines is 1. The van der Waals surface area contributed by atoms with Crippen molar-refractivity contribution in [2.45, 2.75) is 19.9 Å². The molecule has 4 aromatic rings.